The van der Waals surface area contributed by atoms with Crippen molar-refractivity contribution in [3.63, 3.8) is 0 Å². The average molecular weight is 227 g/mol. The van der Waals surface area contributed by atoms with Crippen molar-refractivity contribution < 1.29 is 4.39 Å². The summed E-state index contributed by atoms with van der Waals surface area (Å²) < 4.78 is 12.9. The van der Waals surface area contributed by atoms with Crippen molar-refractivity contribution in [2.45, 2.75) is 19.4 Å². The van der Waals surface area contributed by atoms with E-state index in [1.807, 2.05) is 0 Å². The van der Waals surface area contributed by atoms with Crippen LogP contribution in [0.5, 0.6) is 0 Å². The first-order valence-electron chi connectivity index (χ1n) is 4.48. The monoisotopic (exact) mass is 226 g/mol. The Hall–Kier alpha value is -1.27. The third-order valence-electron chi connectivity index (χ3n) is 2.40. The number of hydrogen-bond donors (Lipinski definition) is 0. The molecule has 0 amide bonds. The van der Waals surface area contributed by atoms with Crippen molar-refractivity contribution in [1.29, 1.82) is 5.26 Å². The fraction of sp³-hybridized carbons (Fsp3) is 0.364. The summed E-state index contributed by atoms with van der Waals surface area (Å²) in [5, 5.41) is 9.01. The van der Waals surface area contributed by atoms with Gasteiger partial charge in [-0.15, -0.1) is 0 Å². The zero-order valence-corrected chi connectivity index (χ0v) is 9.64. The zero-order valence-electron chi connectivity index (χ0n) is 8.88. The van der Waals surface area contributed by atoms with Crippen LogP contribution in [0.2, 0.25) is 5.02 Å². The predicted molar refractivity (Wildman–Crippen MR) is 59.5 cm³/mol. The molecule has 0 unspecified atom stereocenters. The van der Waals surface area contributed by atoms with Gasteiger partial charge in [0.1, 0.15) is 11.4 Å². The van der Waals surface area contributed by atoms with Gasteiger partial charge in [0.15, 0.2) is 0 Å². The van der Waals surface area contributed by atoms with E-state index in [-0.39, 0.29) is 5.02 Å². The molecule has 0 fully saturated rings. The summed E-state index contributed by atoms with van der Waals surface area (Å²) in [4.78, 5) is 1.75. The Morgan fingerprint density at radius 3 is 2.53 bits per heavy atom. The van der Waals surface area contributed by atoms with Crippen LogP contribution in [-0.4, -0.2) is 12.6 Å². The highest BCUT2D eigenvalue weighted by molar-refractivity contribution is 6.31. The standard InChI is InChI=1S/C11H12ClFN2/c1-11(2,7-14)15(3)8-4-5-10(13)9(12)6-8/h4-6H,1-3H3. The molecule has 0 saturated heterocycles. The van der Waals surface area contributed by atoms with Crippen LogP contribution >= 0.6 is 11.6 Å². The molecule has 0 heterocycles. The minimum Gasteiger partial charge on any atom is -0.357 e. The van der Waals surface area contributed by atoms with Crippen LogP contribution in [0, 0.1) is 17.1 Å². The number of halogens is 2. The number of rotatable bonds is 2. The van der Waals surface area contributed by atoms with Gasteiger partial charge in [0.2, 0.25) is 0 Å². The van der Waals surface area contributed by atoms with Crippen LogP contribution in [0.15, 0.2) is 18.2 Å². The van der Waals surface area contributed by atoms with Crippen LogP contribution in [0.25, 0.3) is 0 Å². The first-order chi connectivity index (χ1) is 6.88. The Kier molecular flexibility index (Phi) is 3.21. The van der Waals surface area contributed by atoms with Crippen LogP contribution in [0.3, 0.4) is 0 Å². The fourth-order valence-electron chi connectivity index (χ4n) is 1.09. The lowest BCUT2D eigenvalue weighted by atomic mass is 10.1. The molecular weight excluding hydrogens is 215 g/mol. The minimum absolute atomic E-state index is 0.0630. The third kappa shape index (κ3) is 2.40. The molecule has 0 N–H and O–H groups in total. The van der Waals surface area contributed by atoms with E-state index in [4.69, 9.17) is 16.9 Å². The Bertz CT molecular complexity index is 410. The molecule has 0 aliphatic heterocycles. The van der Waals surface area contributed by atoms with E-state index < -0.39 is 11.4 Å². The van der Waals surface area contributed by atoms with Gasteiger partial charge in [-0.25, -0.2) is 4.39 Å². The third-order valence-corrected chi connectivity index (χ3v) is 2.69. The molecule has 80 valence electrons. The van der Waals surface area contributed by atoms with Crippen LogP contribution in [-0.2, 0) is 0 Å². The second-order valence-corrected chi connectivity index (χ2v) is 4.24. The number of anilines is 1. The number of nitrogens with zero attached hydrogens (tertiary/aromatic N) is 2. The highest BCUT2D eigenvalue weighted by Gasteiger charge is 2.23. The maximum atomic E-state index is 12.9. The van der Waals surface area contributed by atoms with Gasteiger partial charge in [0, 0.05) is 12.7 Å². The summed E-state index contributed by atoms with van der Waals surface area (Å²) in [6.45, 7) is 3.56. The molecule has 1 aromatic carbocycles. The van der Waals surface area contributed by atoms with Gasteiger partial charge in [0.05, 0.1) is 11.1 Å². The average Bonchev–Trinajstić information content (AvgIpc) is 2.21. The minimum atomic E-state index is -0.652. The molecular formula is C11H12ClFN2. The van der Waals surface area contributed by atoms with E-state index in [0.29, 0.717) is 5.69 Å². The van der Waals surface area contributed by atoms with Crippen LogP contribution < -0.4 is 4.90 Å². The molecule has 1 rings (SSSR count). The second-order valence-electron chi connectivity index (χ2n) is 3.83. The molecule has 0 aliphatic carbocycles. The Morgan fingerprint density at radius 1 is 1.47 bits per heavy atom. The molecule has 15 heavy (non-hydrogen) atoms. The fourth-order valence-corrected chi connectivity index (χ4v) is 1.27. The first kappa shape index (κ1) is 11.8. The Morgan fingerprint density at radius 2 is 2.07 bits per heavy atom. The maximum Gasteiger partial charge on any atom is 0.141 e. The predicted octanol–water partition coefficient (Wildman–Crippen LogP) is 3.22. The number of benzene rings is 1. The molecule has 0 saturated carbocycles. The van der Waals surface area contributed by atoms with Crippen molar-refractivity contribution in [1.82, 2.24) is 0 Å². The molecule has 0 aliphatic rings. The van der Waals surface area contributed by atoms with Gasteiger partial charge in [0.25, 0.3) is 0 Å². The maximum absolute atomic E-state index is 12.9. The summed E-state index contributed by atoms with van der Waals surface area (Å²) in [5.41, 5.74) is 0.0641. The lowest BCUT2D eigenvalue weighted by Gasteiger charge is -2.31. The number of hydrogen-bond acceptors (Lipinski definition) is 2. The van der Waals surface area contributed by atoms with Gasteiger partial charge in [-0.2, -0.15) is 5.26 Å². The zero-order chi connectivity index (χ0) is 11.6. The highest BCUT2D eigenvalue weighted by Crippen LogP contribution is 2.26. The van der Waals surface area contributed by atoms with Crippen molar-refractivity contribution in [2.75, 3.05) is 11.9 Å². The van der Waals surface area contributed by atoms with Crippen molar-refractivity contribution in [3.8, 4) is 6.07 Å². The summed E-state index contributed by atoms with van der Waals surface area (Å²) in [6, 6.07) is 6.56. The molecule has 0 bridgehead atoms. The van der Waals surface area contributed by atoms with E-state index in [1.54, 1.807) is 31.9 Å². The lowest BCUT2D eigenvalue weighted by molar-refractivity contribution is 0.611. The van der Waals surface area contributed by atoms with E-state index in [1.165, 1.54) is 12.1 Å². The van der Waals surface area contributed by atoms with Crippen molar-refractivity contribution in [2.24, 2.45) is 0 Å². The SMILES string of the molecule is CN(c1ccc(F)c(Cl)c1)C(C)(C)C#N. The first-order valence-corrected chi connectivity index (χ1v) is 4.86. The van der Waals surface area contributed by atoms with E-state index in [2.05, 4.69) is 6.07 Å². The molecule has 2 nitrogen and oxygen atoms in total. The van der Waals surface area contributed by atoms with Gasteiger partial charge in [-0.1, -0.05) is 11.6 Å². The van der Waals surface area contributed by atoms with Crippen LogP contribution in [0.1, 0.15) is 13.8 Å². The second kappa shape index (κ2) is 4.08. The normalized spacial score (nSPS) is 10.9. The summed E-state index contributed by atoms with van der Waals surface area (Å²) in [6.07, 6.45) is 0. The van der Waals surface area contributed by atoms with Gasteiger partial charge < -0.3 is 4.90 Å². The lowest BCUT2D eigenvalue weighted by Crippen LogP contribution is -2.39. The Balaban J connectivity index is 3.08. The van der Waals surface area contributed by atoms with Crippen LogP contribution in [0.4, 0.5) is 10.1 Å². The molecule has 0 atom stereocenters. The van der Waals surface area contributed by atoms with Gasteiger partial charge in [-0.05, 0) is 32.0 Å². The molecule has 0 spiro atoms. The van der Waals surface area contributed by atoms with E-state index >= 15 is 0 Å². The summed E-state index contributed by atoms with van der Waals surface area (Å²) >= 11 is 5.67. The molecule has 4 heteroatoms. The van der Waals surface area contributed by atoms with Gasteiger partial charge >= 0.3 is 0 Å². The van der Waals surface area contributed by atoms with Crippen molar-refractivity contribution >= 4 is 17.3 Å². The van der Waals surface area contributed by atoms with Crippen molar-refractivity contribution in [3.05, 3.63) is 29.0 Å². The molecule has 0 aromatic heterocycles. The largest absolute Gasteiger partial charge is 0.357 e. The topological polar surface area (TPSA) is 27.0 Å². The van der Waals surface area contributed by atoms with E-state index in [9.17, 15) is 4.39 Å². The van der Waals surface area contributed by atoms with E-state index in [0.717, 1.165) is 0 Å². The highest BCUT2D eigenvalue weighted by atomic mass is 35.5. The molecule has 0 radical (unpaired) electrons. The quantitative estimate of drug-likeness (QED) is 0.774. The smallest absolute Gasteiger partial charge is 0.141 e. The summed E-state index contributed by atoms with van der Waals surface area (Å²) in [5.74, 6) is -0.455. The summed E-state index contributed by atoms with van der Waals surface area (Å²) in [7, 11) is 1.77. The number of nitriles is 1. The van der Waals surface area contributed by atoms with Gasteiger partial charge in [-0.3, -0.25) is 0 Å². The molecule has 1 aromatic rings. The Labute approximate surface area is 93.9 Å².